The Bertz CT molecular complexity index is 821. The standard InChI is InChI=1S/C20H26N2O4S/c1-16(7-8-17-5-3-2-4-6-17)22-20(24)21-15-18-9-11-19(12-10-18)27(25,26)14-13-23/h2-6,9-12,16,23H,7-8,13-15H2,1H3,(H2,21,22,24)/t16-/m1/s1. The average molecular weight is 391 g/mol. The third-order valence-electron chi connectivity index (χ3n) is 4.18. The van der Waals surface area contributed by atoms with Crippen LogP contribution in [0, 0.1) is 0 Å². The number of aryl methyl sites for hydroxylation is 1. The molecule has 0 aromatic heterocycles. The Morgan fingerprint density at radius 2 is 1.70 bits per heavy atom. The predicted octanol–water partition coefficient (Wildman–Crippen LogP) is 2.27. The Balaban J connectivity index is 1.76. The van der Waals surface area contributed by atoms with Crippen LogP contribution in [0.5, 0.6) is 0 Å². The van der Waals surface area contributed by atoms with E-state index in [1.807, 2.05) is 25.1 Å². The van der Waals surface area contributed by atoms with Crippen molar-refractivity contribution in [1.29, 1.82) is 0 Å². The van der Waals surface area contributed by atoms with E-state index in [-0.39, 0.29) is 22.7 Å². The van der Waals surface area contributed by atoms with Gasteiger partial charge in [0.05, 0.1) is 17.3 Å². The van der Waals surface area contributed by atoms with Crippen LogP contribution in [0.1, 0.15) is 24.5 Å². The van der Waals surface area contributed by atoms with E-state index in [1.165, 1.54) is 17.7 Å². The van der Waals surface area contributed by atoms with Gasteiger partial charge in [-0.05, 0) is 43.0 Å². The van der Waals surface area contributed by atoms with E-state index in [4.69, 9.17) is 5.11 Å². The summed E-state index contributed by atoms with van der Waals surface area (Å²) >= 11 is 0. The molecule has 7 heteroatoms. The fourth-order valence-corrected chi connectivity index (χ4v) is 3.64. The van der Waals surface area contributed by atoms with Gasteiger partial charge in [-0.1, -0.05) is 42.5 Å². The van der Waals surface area contributed by atoms with Gasteiger partial charge in [-0.15, -0.1) is 0 Å². The third kappa shape index (κ3) is 7.03. The first-order chi connectivity index (χ1) is 12.9. The summed E-state index contributed by atoms with van der Waals surface area (Å²) in [5, 5.41) is 14.5. The van der Waals surface area contributed by atoms with Gasteiger partial charge in [0, 0.05) is 12.6 Å². The Morgan fingerprint density at radius 3 is 2.33 bits per heavy atom. The molecule has 0 fully saturated rings. The van der Waals surface area contributed by atoms with Crippen LogP contribution in [0.2, 0.25) is 0 Å². The summed E-state index contributed by atoms with van der Waals surface area (Å²) in [6.07, 6.45) is 1.74. The lowest BCUT2D eigenvalue weighted by Crippen LogP contribution is -2.40. The van der Waals surface area contributed by atoms with Crippen molar-refractivity contribution < 1.29 is 18.3 Å². The van der Waals surface area contributed by atoms with Crippen molar-refractivity contribution in [2.45, 2.75) is 37.2 Å². The molecule has 2 aromatic carbocycles. The van der Waals surface area contributed by atoms with E-state index in [1.54, 1.807) is 12.1 Å². The minimum atomic E-state index is -3.45. The van der Waals surface area contributed by atoms with Gasteiger partial charge in [0.15, 0.2) is 9.84 Å². The van der Waals surface area contributed by atoms with Crippen LogP contribution in [0.4, 0.5) is 4.79 Å². The molecule has 0 unspecified atom stereocenters. The van der Waals surface area contributed by atoms with Crippen molar-refractivity contribution in [3.8, 4) is 0 Å². The molecule has 0 aliphatic rings. The number of hydrogen-bond donors (Lipinski definition) is 3. The predicted molar refractivity (Wildman–Crippen MR) is 105 cm³/mol. The second kappa shape index (κ2) is 10.1. The molecular weight excluding hydrogens is 364 g/mol. The lowest BCUT2D eigenvalue weighted by atomic mass is 10.1. The summed E-state index contributed by atoms with van der Waals surface area (Å²) in [5.74, 6) is -0.298. The Labute approximate surface area is 160 Å². The maximum absolute atomic E-state index is 12.0. The molecule has 0 spiro atoms. The van der Waals surface area contributed by atoms with Crippen molar-refractivity contribution in [2.24, 2.45) is 0 Å². The zero-order valence-corrected chi connectivity index (χ0v) is 16.2. The SMILES string of the molecule is C[C@H](CCc1ccccc1)NC(=O)NCc1ccc(S(=O)(=O)CCO)cc1. The average Bonchev–Trinajstić information content (AvgIpc) is 2.66. The van der Waals surface area contributed by atoms with Crippen molar-refractivity contribution in [2.75, 3.05) is 12.4 Å². The molecule has 0 saturated heterocycles. The summed E-state index contributed by atoms with van der Waals surface area (Å²) in [7, 11) is -3.45. The fraction of sp³-hybridized carbons (Fsp3) is 0.350. The van der Waals surface area contributed by atoms with E-state index in [0.717, 1.165) is 18.4 Å². The van der Waals surface area contributed by atoms with Crippen LogP contribution in [0.25, 0.3) is 0 Å². The number of aliphatic hydroxyl groups excluding tert-OH is 1. The fourth-order valence-electron chi connectivity index (χ4n) is 2.61. The Kier molecular flexibility index (Phi) is 7.82. The summed E-state index contributed by atoms with van der Waals surface area (Å²) in [4.78, 5) is 12.2. The van der Waals surface area contributed by atoms with Crippen LogP contribution in [-0.4, -0.2) is 38.0 Å². The molecule has 0 saturated carbocycles. The summed E-state index contributed by atoms with van der Waals surface area (Å²) in [6, 6.07) is 16.2. The van der Waals surface area contributed by atoms with E-state index in [0.29, 0.717) is 6.54 Å². The maximum Gasteiger partial charge on any atom is 0.315 e. The minimum absolute atomic E-state index is 0.0382. The van der Waals surface area contributed by atoms with Gasteiger partial charge in [-0.25, -0.2) is 13.2 Å². The smallest absolute Gasteiger partial charge is 0.315 e. The molecule has 146 valence electrons. The highest BCUT2D eigenvalue weighted by Crippen LogP contribution is 2.12. The zero-order chi connectivity index (χ0) is 19.7. The summed E-state index contributed by atoms with van der Waals surface area (Å²) in [6.45, 7) is 1.86. The van der Waals surface area contributed by atoms with Crippen molar-refractivity contribution in [3.05, 3.63) is 65.7 Å². The first kappa shape index (κ1) is 20.9. The number of carbonyl (C=O) groups is 1. The third-order valence-corrected chi connectivity index (χ3v) is 5.89. The molecular formula is C20H26N2O4S. The highest BCUT2D eigenvalue weighted by Gasteiger charge is 2.13. The number of sulfone groups is 1. The zero-order valence-electron chi connectivity index (χ0n) is 15.4. The lowest BCUT2D eigenvalue weighted by molar-refractivity contribution is 0.237. The number of carbonyl (C=O) groups excluding carboxylic acids is 1. The minimum Gasteiger partial charge on any atom is -0.395 e. The lowest BCUT2D eigenvalue weighted by Gasteiger charge is -2.15. The largest absolute Gasteiger partial charge is 0.395 e. The molecule has 2 aromatic rings. The molecule has 0 radical (unpaired) electrons. The van der Waals surface area contributed by atoms with Crippen molar-refractivity contribution >= 4 is 15.9 Å². The monoisotopic (exact) mass is 390 g/mol. The van der Waals surface area contributed by atoms with Gasteiger partial charge in [0.25, 0.3) is 0 Å². The van der Waals surface area contributed by atoms with Gasteiger partial charge in [-0.2, -0.15) is 0 Å². The molecule has 1 atom stereocenters. The molecule has 0 aliphatic carbocycles. The van der Waals surface area contributed by atoms with Gasteiger partial charge in [0.1, 0.15) is 0 Å². The first-order valence-corrected chi connectivity index (χ1v) is 10.6. The number of benzene rings is 2. The van der Waals surface area contributed by atoms with Crippen molar-refractivity contribution in [1.82, 2.24) is 10.6 Å². The molecule has 6 nitrogen and oxygen atoms in total. The van der Waals surface area contributed by atoms with Gasteiger partial charge >= 0.3 is 6.03 Å². The quantitative estimate of drug-likeness (QED) is 0.612. The number of amides is 2. The topological polar surface area (TPSA) is 95.5 Å². The number of nitrogens with one attached hydrogen (secondary N) is 2. The molecule has 2 rings (SSSR count). The number of urea groups is 1. The maximum atomic E-state index is 12.0. The molecule has 27 heavy (non-hydrogen) atoms. The molecule has 2 amide bonds. The summed E-state index contributed by atoms with van der Waals surface area (Å²) in [5.41, 5.74) is 2.04. The molecule has 0 bridgehead atoms. The van der Waals surface area contributed by atoms with Gasteiger partial charge in [0.2, 0.25) is 0 Å². The highest BCUT2D eigenvalue weighted by molar-refractivity contribution is 7.91. The van der Waals surface area contributed by atoms with Gasteiger partial charge < -0.3 is 15.7 Å². The molecule has 0 heterocycles. The van der Waals surface area contributed by atoms with Crippen LogP contribution >= 0.6 is 0 Å². The molecule has 3 N–H and O–H groups in total. The second-order valence-corrected chi connectivity index (χ2v) is 8.55. The normalized spacial score (nSPS) is 12.4. The van der Waals surface area contributed by atoms with Crippen LogP contribution in [0.15, 0.2) is 59.5 Å². The van der Waals surface area contributed by atoms with E-state index >= 15 is 0 Å². The number of hydrogen-bond acceptors (Lipinski definition) is 4. The van der Waals surface area contributed by atoms with E-state index < -0.39 is 16.4 Å². The number of aliphatic hydroxyl groups is 1. The van der Waals surface area contributed by atoms with Crippen LogP contribution in [0.3, 0.4) is 0 Å². The first-order valence-electron chi connectivity index (χ1n) is 8.91. The second-order valence-electron chi connectivity index (χ2n) is 6.44. The van der Waals surface area contributed by atoms with Crippen molar-refractivity contribution in [3.63, 3.8) is 0 Å². The summed E-state index contributed by atoms with van der Waals surface area (Å²) < 4.78 is 23.7. The number of rotatable bonds is 9. The van der Waals surface area contributed by atoms with Gasteiger partial charge in [-0.3, -0.25) is 0 Å². The molecule has 0 aliphatic heterocycles. The van der Waals surface area contributed by atoms with Crippen LogP contribution in [-0.2, 0) is 22.8 Å². The van der Waals surface area contributed by atoms with E-state index in [9.17, 15) is 13.2 Å². The highest BCUT2D eigenvalue weighted by atomic mass is 32.2. The Morgan fingerprint density at radius 1 is 1.04 bits per heavy atom. The van der Waals surface area contributed by atoms with E-state index in [2.05, 4.69) is 22.8 Å². The van der Waals surface area contributed by atoms with Crippen LogP contribution < -0.4 is 10.6 Å². The Hall–Kier alpha value is -2.38.